The number of rotatable bonds is 2. The third-order valence-corrected chi connectivity index (χ3v) is 1.83. The summed E-state index contributed by atoms with van der Waals surface area (Å²) < 4.78 is 0. The largest absolute Gasteiger partial charge is 0.314 e. The molecule has 0 aromatic rings. The molecule has 1 radical (unpaired) electrons. The van der Waals surface area contributed by atoms with E-state index in [1.165, 1.54) is 32.7 Å². The van der Waals surface area contributed by atoms with Gasteiger partial charge in [-0.3, -0.25) is 0 Å². The quantitative estimate of drug-likeness (QED) is 0.734. The molecular formula is C9H22N2V. The Morgan fingerprint density at radius 3 is 2.17 bits per heavy atom. The van der Waals surface area contributed by atoms with Crippen LogP contribution < -0.4 is 5.32 Å². The minimum atomic E-state index is 0. The van der Waals surface area contributed by atoms with Gasteiger partial charge in [0.25, 0.3) is 0 Å². The molecule has 1 heterocycles. The molecule has 1 aliphatic rings. The van der Waals surface area contributed by atoms with Crippen LogP contribution in [-0.2, 0) is 18.6 Å². The summed E-state index contributed by atoms with van der Waals surface area (Å²) in [5.41, 5.74) is 0. The Balaban J connectivity index is 0. The van der Waals surface area contributed by atoms with Gasteiger partial charge < -0.3 is 10.2 Å². The molecule has 1 N–H and O–H groups in total. The molecule has 0 aromatic carbocycles. The molecular weight excluding hydrogens is 187 g/mol. The maximum Gasteiger partial charge on any atom is 0.0107 e. The van der Waals surface area contributed by atoms with E-state index in [1.807, 2.05) is 0 Å². The van der Waals surface area contributed by atoms with Gasteiger partial charge in [-0.05, 0) is 5.92 Å². The molecule has 1 aliphatic heterocycles. The van der Waals surface area contributed by atoms with Gasteiger partial charge in [0.2, 0.25) is 0 Å². The number of piperazine rings is 1. The second kappa shape index (κ2) is 8.12. The van der Waals surface area contributed by atoms with Crippen molar-refractivity contribution in [1.82, 2.24) is 10.2 Å². The molecule has 1 rings (SSSR count). The van der Waals surface area contributed by atoms with Crippen molar-refractivity contribution in [3.05, 3.63) is 0 Å². The van der Waals surface area contributed by atoms with Crippen molar-refractivity contribution < 1.29 is 18.6 Å². The summed E-state index contributed by atoms with van der Waals surface area (Å²) >= 11 is 0. The summed E-state index contributed by atoms with van der Waals surface area (Å²) in [6.45, 7) is 10.6. The maximum atomic E-state index is 3.35. The van der Waals surface area contributed by atoms with E-state index in [9.17, 15) is 0 Å². The van der Waals surface area contributed by atoms with Crippen LogP contribution in [0.2, 0.25) is 0 Å². The number of nitrogens with one attached hydrogen (secondary N) is 1. The van der Waals surface area contributed by atoms with Crippen LogP contribution in [0.25, 0.3) is 0 Å². The van der Waals surface area contributed by atoms with Crippen LogP contribution in [0.3, 0.4) is 0 Å². The Morgan fingerprint density at radius 1 is 1.25 bits per heavy atom. The van der Waals surface area contributed by atoms with Crippen LogP contribution in [0.5, 0.6) is 0 Å². The first-order chi connectivity index (χ1) is 4.79. The summed E-state index contributed by atoms with van der Waals surface area (Å²) in [5, 5.41) is 3.35. The number of hydrogen-bond acceptors (Lipinski definition) is 2. The molecule has 0 bridgehead atoms. The zero-order valence-corrected chi connectivity index (χ0v) is 8.90. The second-order valence-corrected chi connectivity index (χ2v) is 3.44. The number of nitrogens with zero attached hydrogens (tertiary/aromatic N) is 1. The first-order valence-electron chi connectivity index (χ1n) is 4.22. The molecule has 1 fully saturated rings. The Bertz CT molecular complexity index is 90.5. The van der Waals surface area contributed by atoms with Crippen LogP contribution in [0.1, 0.15) is 21.3 Å². The van der Waals surface area contributed by atoms with E-state index in [1.54, 1.807) is 0 Å². The zero-order chi connectivity index (χ0) is 7.40. The zero-order valence-electron chi connectivity index (χ0n) is 7.51. The summed E-state index contributed by atoms with van der Waals surface area (Å²) in [6.07, 6.45) is 0. The third kappa shape index (κ3) is 6.07. The van der Waals surface area contributed by atoms with E-state index in [4.69, 9.17) is 0 Å². The fourth-order valence-electron chi connectivity index (χ4n) is 1.41. The summed E-state index contributed by atoms with van der Waals surface area (Å²) in [7, 11) is 0. The third-order valence-electron chi connectivity index (χ3n) is 1.83. The normalized spacial score (nSPS) is 18.2. The number of hydrogen-bond donors (Lipinski definition) is 1. The average molecular weight is 209 g/mol. The van der Waals surface area contributed by atoms with Crippen molar-refractivity contribution in [3.63, 3.8) is 0 Å². The molecule has 1 saturated heterocycles. The van der Waals surface area contributed by atoms with Gasteiger partial charge >= 0.3 is 0 Å². The predicted octanol–water partition coefficient (Wildman–Crippen LogP) is 1.18. The van der Waals surface area contributed by atoms with Gasteiger partial charge in [0, 0.05) is 51.3 Å². The molecule has 0 saturated carbocycles. The van der Waals surface area contributed by atoms with Crippen molar-refractivity contribution in [2.75, 3.05) is 32.7 Å². The van der Waals surface area contributed by atoms with Crippen LogP contribution in [0.4, 0.5) is 0 Å². The summed E-state index contributed by atoms with van der Waals surface area (Å²) in [6, 6.07) is 0. The van der Waals surface area contributed by atoms with Gasteiger partial charge in [-0.25, -0.2) is 0 Å². The van der Waals surface area contributed by atoms with Gasteiger partial charge in [-0.2, -0.15) is 0 Å². The van der Waals surface area contributed by atoms with Crippen molar-refractivity contribution >= 4 is 0 Å². The van der Waals surface area contributed by atoms with E-state index < -0.39 is 0 Å². The molecule has 0 aliphatic carbocycles. The topological polar surface area (TPSA) is 15.3 Å². The SMILES string of the molecule is C.CC(C)CN1CCNCC1.[V]. The van der Waals surface area contributed by atoms with Gasteiger partial charge in [0.15, 0.2) is 0 Å². The molecule has 12 heavy (non-hydrogen) atoms. The van der Waals surface area contributed by atoms with Gasteiger partial charge in [0.05, 0.1) is 0 Å². The first-order valence-corrected chi connectivity index (χ1v) is 4.22. The van der Waals surface area contributed by atoms with Gasteiger partial charge in [-0.15, -0.1) is 0 Å². The van der Waals surface area contributed by atoms with E-state index >= 15 is 0 Å². The van der Waals surface area contributed by atoms with Crippen LogP contribution in [-0.4, -0.2) is 37.6 Å². The smallest absolute Gasteiger partial charge is 0.0107 e. The van der Waals surface area contributed by atoms with Gasteiger partial charge in [0.1, 0.15) is 0 Å². The molecule has 0 atom stereocenters. The monoisotopic (exact) mass is 209 g/mol. The predicted molar refractivity (Wildman–Crippen MR) is 50.9 cm³/mol. The van der Waals surface area contributed by atoms with E-state index in [0.29, 0.717) is 0 Å². The summed E-state index contributed by atoms with van der Waals surface area (Å²) in [4.78, 5) is 2.53. The Morgan fingerprint density at radius 2 is 1.75 bits per heavy atom. The minimum Gasteiger partial charge on any atom is -0.314 e. The van der Waals surface area contributed by atoms with E-state index in [0.717, 1.165) is 5.92 Å². The second-order valence-electron chi connectivity index (χ2n) is 3.44. The molecule has 0 unspecified atom stereocenters. The fraction of sp³-hybridized carbons (Fsp3) is 1.00. The molecule has 3 heteroatoms. The maximum absolute atomic E-state index is 3.35. The van der Waals surface area contributed by atoms with Crippen LogP contribution >= 0.6 is 0 Å². The Labute approximate surface area is 89.0 Å². The van der Waals surface area contributed by atoms with Crippen molar-refractivity contribution in [2.45, 2.75) is 21.3 Å². The standard InChI is InChI=1S/C8H18N2.CH4.V/c1-8(2)7-10-5-3-9-4-6-10;;/h8-9H,3-7H2,1-2H3;1H4;. The van der Waals surface area contributed by atoms with Crippen molar-refractivity contribution in [2.24, 2.45) is 5.92 Å². The molecule has 73 valence electrons. The van der Waals surface area contributed by atoms with E-state index in [2.05, 4.69) is 24.1 Å². The van der Waals surface area contributed by atoms with E-state index in [-0.39, 0.29) is 26.0 Å². The van der Waals surface area contributed by atoms with Gasteiger partial charge in [-0.1, -0.05) is 21.3 Å². The van der Waals surface area contributed by atoms with Crippen LogP contribution in [0.15, 0.2) is 0 Å². The molecule has 0 amide bonds. The fourth-order valence-corrected chi connectivity index (χ4v) is 1.41. The summed E-state index contributed by atoms with van der Waals surface area (Å²) in [5.74, 6) is 0.818. The minimum absolute atomic E-state index is 0. The molecule has 2 nitrogen and oxygen atoms in total. The Hall–Kier alpha value is 0.504. The Kier molecular flexibility index (Phi) is 10.1. The average Bonchev–Trinajstić information content (AvgIpc) is 1.88. The molecule has 0 aromatic heterocycles. The van der Waals surface area contributed by atoms with Crippen molar-refractivity contribution in [1.29, 1.82) is 0 Å². The van der Waals surface area contributed by atoms with Crippen LogP contribution in [0, 0.1) is 5.92 Å². The van der Waals surface area contributed by atoms with Crippen molar-refractivity contribution in [3.8, 4) is 0 Å². The first kappa shape index (κ1) is 15.0. The molecule has 0 spiro atoms.